The van der Waals surface area contributed by atoms with Crippen molar-refractivity contribution in [2.45, 2.75) is 25.3 Å². The highest BCUT2D eigenvalue weighted by atomic mass is 35.5. The van der Waals surface area contributed by atoms with Crippen LogP contribution in [0.2, 0.25) is 5.15 Å². The lowest BCUT2D eigenvalue weighted by molar-refractivity contribution is 0.520. The van der Waals surface area contributed by atoms with E-state index in [9.17, 15) is 8.42 Å². The second-order valence-corrected chi connectivity index (χ2v) is 8.15. The maximum Gasteiger partial charge on any atom is 0.242 e. The molecule has 2 aromatic rings. The summed E-state index contributed by atoms with van der Waals surface area (Å²) in [6.07, 6.45) is 1.59. The first-order chi connectivity index (χ1) is 10.6. The van der Waals surface area contributed by atoms with Crippen LogP contribution in [0.15, 0.2) is 23.2 Å². The van der Waals surface area contributed by atoms with Crippen LogP contribution >= 0.6 is 11.6 Å². The molecule has 1 aromatic heterocycles. The highest BCUT2D eigenvalue weighted by molar-refractivity contribution is 7.89. The van der Waals surface area contributed by atoms with Crippen LogP contribution in [0.1, 0.15) is 17.0 Å². The van der Waals surface area contributed by atoms with Crippen molar-refractivity contribution in [3.05, 3.63) is 40.4 Å². The number of hydrogen-bond acceptors (Lipinski definition) is 4. The number of anilines is 1. The van der Waals surface area contributed by atoms with Gasteiger partial charge in [0.25, 0.3) is 0 Å². The van der Waals surface area contributed by atoms with Crippen LogP contribution in [0, 0.1) is 13.8 Å². The van der Waals surface area contributed by atoms with E-state index >= 15 is 0 Å². The SMILES string of the molecule is Cc1cc(S(=O)(=O)N(C)C)cc(NCc2ncc(Cl)n2C)c1C. The van der Waals surface area contributed by atoms with Crippen molar-refractivity contribution < 1.29 is 8.42 Å². The zero-order valence-electron chi connectivity index (χ0n) is 13.9. The van der Waals surface area contributed by atoms with Crippen LogP contribution in [0.3, 0.4) is 0 Å². The van der Waals surface area contributed by atoms with Crippen LogP contribution in [0.4, 0.5) is 5.69 Å². The molecule has 0 unspecified atom stereocenters. The molecule has 0 aliphatic heterocycles. The van der Waals surface area contributed by atoms with E-state index in [0.29, 0.717) is 11.7 Å². The second-order valence-electron chi connectivity index (χ2n) is 5.61. The molecule has 1 heterocycles. The van der Waals surface area contributed by atoms with Gasteiger partial charge in [-0.2, -0.15) is 0 Å². The summed E-state index contributed by atoms with van der Waals surface area (Å²) in [6, 6.07) is 3.34. The maximum atomic E-state index is 12.3. The van der Waals surface area contributed by atoms with Crippen molar-refractivity contribution in [2.24, 2.45) is 7.05 Å². The third-order valence-corrected chi connectivity index (χ3v) is 6.03. The number of hydrogen-bond donors (Lipinski definition) is 1. The lowest BCUT2D eigenvalue weighted by atomic mass is 10.1. The molecule has 8 heteroatoms. The van der Waals surface area contributed by atoms with Gasteiger partial charge in [0, 0.05) is 26.8 Å². The number of aromatic nitrogens is 2. The number of sulfonamides is 1. The van der Waals surface area contributed by atoms with Crippen molar-refractivity contribution in [1.82, 2.24) is 13.9 Å². The molecule has 0 saturated carbocycles. The van der Waals surface area contributed by atoms with Gasteiger partial charge in [-0.05, 0) is 37.1 Å². The van der Waals surface area contributed by atoms with Gasteiger partial charge in [-0.25, -0.2) is 17.7 Å². The Kier molecular flexibility index (Phi) is 5.03. The number of rotatable bonds is 5. The molecule has 0 bridgehead atoms. The van der Waals surface area contributed by atoms with Crippen molar-refractivity contribution in [3.8, 4) is 0 Å². The Balaban J connectivity index is 2.35. The van der Waals surface area contributed by atoms with Crippen LogP contribution in [0.25, 0.3) is 0 Å². The van der Waals surface area contributed by atoms with Gasteiger partial charge in [-0.15, -0.1) is 0 Å². The van der Waals surface area contributed by atoms with E-state index in [0.717, 1.165) is 22.6 Å². The molecule has 0 aliphatic carbocycles. The lowest BCUT2D eigenvalue weighted by Crippen LogP contribution is -2.22. The number of benzene rings is 1. The zero-order chi connectivity index (χ0) is 17.4. The first-order valence-electron chi connectivity index (χ1n) is 7.08. The van der Waals surface area contributed by atoms with Gasteiger partial charge in [0.1, 0.15) is 11.0 Å². The Bertz CT molecular complexity index is 828. The first-order valence-corrected chi connectivity index (χ1v) is 8.90. The van der Waals surface area contributed by atoms with Gasteiger partial charge in [-0.3, -0.25) is 0 Å². The average Bonchev–Trinajstić information content (AvgIpc) is 2.80. The minimum absolute atomic E-state index is 0.269. The van der Waals surface area contributed by atoms with Gasteiger partial charge >= 0.3 is 0 Å². The smallest absolute Gasteiger partial charge is 0.242 e. The van der Waals surface area contributed by atoms with Gasteiger partial charge in [0.05, 0.1) is 17.6 Å². The summed E-state index contributed by atoms with van der Waals surface area (Å²) in [5.74, 6) is 0.771. The van der Waals surface area contributed by atoms with Crippen molar-refractivity contribution in [3.63, 3.8) is 0 Å². The van der Waals surface area contributed by atoms with Gasteiger partial charge in [-0.1, -0.05) is 11.6 Å². The molecule has 0 radical (unpaired) electrons. The fraction of sp³-hybridized carbons (Fsp3) is 0.400. The maximum absolute atomic E-state index is 12.3. The Morgan fingerprint density at radius 3 is 2.48 bits per heavy atom. The second kappa shape index (κ2) is 6.51. The summed E-state index contributed by atoms with van der Waals surface area (Å²) in [5, 5.41) is 3.80. The lowest BCUT2D eigenvalue weighted by Gasteiger charge is -2.17. The monoisotopic (exact) mass is 356 g/mol. The van der Waals surface area contributed by atoms with Crippen molar-refractivity contribution in [2.75, 3.05) is 19.4 Å². The first kappa shape index (κ1) is 17.8. The van der Waals surface area contributed by atoms with Crippen molar-refractivity contribution >= 4 is 27.3 Å². The Morgan fingerprint density at radius 2 is 1.96 bits per heavy atom. The molecule has 0 fully saturated rings. The predicted molar refractivity (Wildman–Crippen MR) is 92.3 cm³/mol. The van der Waals surface area contributed by atoms with Crippen LogP contribution in [0.5, 0.6) is 0 Å². The third-order valence-electron chi connectivity index (χ3n) is 3.88. The molecule has 2 rings (SSSR count). The van der Waals surface area contributed by atoms with Crippen molar-refractivity contribution in [1.29, 1.82) is 0 Å². The number of aryl methyl sites for hydroxylation is 1. The van der Waals surface area contributed by atoms with E-state index in [1.807, 2.05) is 20.9 Å². The normalized spacial score (nSPS) is 12.0. The van der Waals surface area contributed by atoms with Gasteiger partial charge in [0.15, 0.2) is 0 Å². The largest absolute Gasteiger partial charge is 0.378 e. The minimum Gasteiger partial charge on any atom is -0.378 e. The molecule has 0 atom stereocenters. The fourth-order valence-electron chi connectivity index (χ4n) is 2.13. The fourth-order valence-corrected chi connectivity index (χ4v) is 3.29. The Morgan fingerprint density at radius 1 is 1.30 bits per heavy atom. The molecule has 0 spiro atoms. The summed E-state index contributed by atoms with van der Waals surface area (Å²) in [5.41, 5.74) is 2.68. The highest BCUT2D eigenvalue weighted by Gasteiger charge is 2.19. The number of nitrogens with one attached hydrogen (secondary N) is 1. The Hall–Kier alpha value is -1.57. The number of imidazole rings is 1. The summed E-state index contributed by atoms with van der Waals surface area (Å²) >= 11 is 5.98. The predicted octanol–water partition coefficient (Wildman–Crippen LogP) is 2.55. The summed E-state index contributed by atoms with van der Waals surface area (Å²) in [7, 11) is 1.40. The van der Waals surface area contributed by atoms with E-state index in [1.165, 1.54) is 18.4 Å². The third kappa shape index (κ3) is 3.52. The van der Waals surface area contributed by atoms with Crippen LogP contribution in [-0.2, 0) is 23.6 Å². The minimum atomic E-state index is -3.47. The van der Waals surface area contributed by atoms with Crippen LogP contribution < -0.4 is 5.32 Å². The van der Waals surface area contributed by atoms with E-state index in [1.54, 1.807) is 22.9 Å². The number of halogens is 1. The molecular formula is C15H21ClN4O2S. The molecule has 1 aromatic carbocycles. The average molecular weight is 357 g/mol. The highest BCUT2D eigenvalue weighted by Crippen LogP contribution is 2.26. The molecule has 0 amide bonds. The summed E-state index contributed by atoms with van der Waals surface area (Å²) < 4.78 is 27.7. The zero-order valence-corrected chi connectivity index (χ0v) is 15.5. The van der Waals surface area contributed by atoms with Crippen LogP contribution in [-0.4, -0.2) is 36.4 Å². The molecule has 0 aliphatic rings. The number of nitrogens with zero attached hydrogens (tertiary/aromatic N) is 3. The topological polar surface area (TPSA) is 67.2 Å². The standard InChI is InChI=1S/C15H21ClN4O2S/c1-10-6-12(23(21,22)19(3)4)7-13(11(10)2)17-9-15-18-8-14(16)20(15)5/h6-8,17H,9H2,1-5H3. The van der Waals surface area contributed by atoms with E-state index in [4.69, 9.17) is 11.6 Å². The molecule has 23 heavy (non-hydrogen) atoms. The summed E-state index contributed by atoms with van der Waals surface area (Å²) in [6.45, 7) is 4.30. The Labute approximate surface area is 142 Å². The van der Waals surface area contributed by atoms with E-state index < -0.39 is 10.0 Å². The molecular weight excluding hydrogens is 336 g/mol. The van der Waals surface area contributed by atoms with E-state index in [2.05, 4.69) is 10.3 Å². The summed E-state index contributed by atoms with van der Waals surface area (Å²) in [4.78, 5) is 4.49. The van der Waals surface area contributed by atoms with E-state index in [-0.39, 0.29) is 4.90 Å². The molecule has 126 valence electrons. The molecule has 6 nitrogen and oxygen atoms in total. The van der Waals surface area contributed by atoms with Gasteiger partial charge < -0.3 is 9.88 Å². The molecule has 0 saturated heterocycles. The van der Waals surface area contributed by atoms with Gasteiger partial charge in [0.2, 0.25) is 10.0 Å². The molecule has 1 N–H and O–H groups in total. The quantitative estimate of drug-likeness (QED) is 0.894.